The molecule has 2 aromatic carbocycles. The van der Waals surface area contributed by atoms with E-state index in [1.807, 2.05) is 24.3 Å². The summed E-state index contributed by atoms with van der Waals surface area (Å²) >= 11 is 5.93. The maximum atomic E-state index is 5.93. The lowest BCUT2D eigenvalue weighted by atomic mass is 9.97. The second-order valence-corrected chi connectivity index (χ2v) is 7.35. The van der Waals surface area contributed by atoms with Crippen LogP contribution in [0.5, 0.6) is 0 Å². The second-order valence-electron chi connectivity index (χ2n) is 6.91. The zero-order chi connectivity index (χ0) is 18.1. The summed E-state index contributed by atoms with van der Waals surface area (Å²) < 4.78 is 5.47. The van der Waals surface area contributed by atoms with Gasteiger partial charge >= 0.3 is 0 Å². The Bertz CT molecular complexity index is 874. The quantitative estimate of drug-likeness (QED) is 0.693. The first-order chi connectivity index (χ1) is 12.6. The van der Waals surface area contributed by atoms with Crippen LogP contribution in [0, 0.1) is 0 Å². The van der Waals surface area contributed by atoms with Gasteiger partial charge in [0.2, 0.25) is 11.7 Å². The number of rotatable bonds is 4. The molecule has 2 heterocycles. The Kier molecular flexibility index (Phi) is 4.76. The molecule has 0 spiro atoms. The maximum Gasteiger partial charge on any atom is 0.245 e. The molecule has 0 aliphatic carbocycles. The third-order valence-electron chi connectivity index (χ3n) is 4.75. The average Bonchev–Trinajstić information content (AvgIpc) is 3.32. The first-order valence-electron chi connectivity index (χ1n) is 8.80. The van der Waals surface area contributed by atoms with Gasteiger partial charge in [0, 0.05) is 16.6 Å². The Morgan fingerprint density at radius 3 is 2.38 bits per heavy atom. The Hall–Kier alpha value is -2.21. The lowest BCUT2D eigenvalue weighted by Crippen LogP contribution is -2.26. The highest BCUT2D eigenvalue weighted by Gasteiger charge is 2.30. The molecule has 5 nitrogen and oxygen atoms in total. The number of hydrazine groups is 1. The van der Waals surface area contributed by atoms with Crippen molar-refractivity contribution in [1.82, 2.24) is 21.0 Å². The fraction of sp³-hybridized carbons (Fsp3) is 0.300. The Labute approximate surface area is 157 Å². The predicted molar refractivity (Wildman–Crippen MR) is 102 cm³/mol. The van der Waals surface area contributed by atoms with Gasteiger partial charge in [0.1, 0.15) is 6.04 Å². The van der Waals surface area contributed by atoms with Crippen LogP contribution < -0.4 is 10.9 Å². The minimum atomic E-state index is -0.0154. The zero-order valence-corrected chi connectivity index (χ0v) is 15.5. The summed E-state index contributed by atoms with van der Waals surface area (Å²) in [6.07, 6.45) is 0.850. The van der Waals surface area contributed by atoms with E-state index < -0.39 is 0 Å². The molecule has 26 heavy (non-hydrogen) atoms. The highest BCUT2D eigenvalue weighted by Crippen LogP contribution is 2.31. The zero-order valence-electron chi connectivity index (χ0n) is 14.7. The highest BCUT2D eigenvalue weighted by molar-refractivity contribution is 6.30. The van der Waals surface area contributed by atoms with Crippen LogP contribution in [0.15, 0.2) is 53.1 Å². The number of aromatic nitrogens is 2. The molecule has 0 saturated carbocycles. The second kappa shape index (κ2) is 7.19. The van der Waals surface area contributed by atoms with Gasteiger partial charge in [0.25, 0.3) is 0 Å². The van der Waals surface area contributed by atoms with Crippen LogP contribution in [0.25, 0.3) is 11.4 Å². The Morgan fingerprint density at radius 2 is 1.69 bits per heavy atom. The number of benzene rings is 2. The van der Waals surface area contributed by atoms with Crippen LogP contribution in [0.2, 0.25) is 5.02 Å². The first kappa shape index (κ1) is 17.2. The molecule has 1 aromatic heterocycles. The van der Waals surface area contributed by atoms with Crippen molar-refractivity contribution in [3.63, 3.8) is 0 Å². The summed E-state index contributed by atoms with van der Waals surface area (Å²) in [6.45, 7) is 4.41. The number of nitrogens with one attached hydrogen (secondary N) is 2. The minimum absolute atomic E-state index is 0.0154. The average molecular weight is 369 g/mol. The first-order valence-corrected chi connectivity index (χ1v) is 9.18. The molecular formula is C20H21ClN4O. The molecule has 0 amide bonds. The van der Waals surface area contributed by atoms with Gasteiger partial charge in [-0.2, -0.15) is 4.98 Å². The van der Waals surface area contributed by atoms with Crippen molar-refractivity contribution in [2.45, 2.75) is 38.3 Å². The van der Waals surface area contributed by atoms with E-state index in [1.54, 1.807) is 0 Å². The summed E-state index contributed by atoms with van der Waals surface area (Å²) in [5.74, 6) is 1.70. The topological polar surface area (TPSA) is 63.0 Å². The van der Waals surface area contributed by atoms with Crippen molar-refractivity contribution < 1.29 is 4.52 Å². The fourth-order valence-electron chi connectivity index (χ4n) is 3.14. The number of hydrogen-bond donors (Lipinski definition) is 2. The number of nitrogens with zero attached hydrogens (tertiary/aromatic N) is 2. The van der Waals surface area contributed by atoms with Gasteiger partial charge in [-0.25, -0.2) is 10.9 Å². The van der Waals surface area contributed by atoms with E-state index in [9.17, 15) is 0 Å². The van der Waals surface area contributed by atoms with Gasteiger partial charge in [0.15, 0.2) is 0 Å². The third-order valence-corrected chi connectivity index (χ3v) is 5.00. The van der Waals surface area contributed by atoms with Crippen LogP contribution in [0.4, 0.5) is 0 Å². The van der Waals surface area contributed by atoms with Gasteiger partial charge in [-0.1, -0.05) is 54.9 Å². The summed E-state index contributed by atoms with van der Waals surface area (Å²) in [5, 5.41) is 4.78. The van der Waals surface area contributed by atoms with Gasteiger partial charge in [-0.05, 0) is 47.7 Å². The lowest BCUT2D eigenvalue weighted by molar-refractivity contribution is 0.340. The van der Waals surface area contributed by atoms with Gasteiger partial charge in [0.05, 0.1) is 0 Å². The molecule has 2 N–H and O–H groups in total. The molecule has 0 radical (unpaired) electrons. The molecule has 134 valence electrons. The van der Waals surface area contributed by atoms with Crippen LogP contribution in [-0.4, -0.2) is 10.1 Å². The van der Waals surface area contributed by atoms with E-state index in [0.717, 1.165) is 12.0 Å². The standard InChI is InChI=1S/C20H21ClN4O/c1-12(2)13-3-5-14(6-4-13)17-11-18(24-23-17)20-22-19(25-26-20)15-7-9-16(21)10-8-15/h3-10,12,17-18,23-24H,11H2,1-2H3. The summed E-state index contributed by atoms with van der Waals surface area (Å²) in [6, 6.07) is 16.4. The van der Waals surface area contributed by atoms with Crippen LogP contribution in [0.1, 0.15) is 55.3 Å². The van der Waals surface area contributed by atoms with Crippen LogP contribution in [0.3, 0.4) is 0 Å². The number of halogens is 1. The van der Waals surface area contributed by atoms with E-state index in [2.05, 4.69) is 59.1 Å². The van der Waals surface area contributed by atoms with Crippen molar-refractivity contribution in [2.75, 3.05) is 0 Å². The smallest absolute Gasteiger partial charge is 0.245 e. The van der Waals surface area contributed by atoms with E-state index in [-0.39, 0.29) is 12.1 Å². The van der Waals surface area contributed by atoms with Crippen molar-refractivity contribution in [3.8, 4) is 11.4 Å². The summed E-state index contributed by atoms with van der Waals surface area (Å²) in [4.78, 5) is 4.53. The normalized spacial score (nSPS) is 20.0. The van der Waals surface area contributed by atoms with E-state index in [1.165, 1.54) is 11.1 Å². The van der Waals surface area contributed by atoms with Crippen molar-refractivity contribution in [3.05, 3.63) is 70.6 Å². The highest BCUT2D eigenvalue weighted by atomic mass is 35.5. The van der Waals surface area contributed by atoms with Crippen LogP contribution >= 0.6 is 11.6 Å². The van der Waals surface area contributed by atoms with Crippen LogP contribution in [-0.2, 0) is 0 Å². The lowest BCUT2D eigenvalue weighted by Gasteiger charge is -2.11. The molecule has 3 aromatic rings. The molecular weight excluding hydrogens is 348 g/mol. The molecule has 2 atom stereocenters. The third kappa shape index (κ3) is 3.51. The molecule has 2 unspecified atom stereocenters. The molecule has 4 rings (SSSR count). The minimum Gasteiger partial charge on any atom is -0.337 e. The Balaban J connectivity index is 1.46. The van der Waals surface area contributed by atoms with Crippen molar-refractivity contribution in [2.24, 2.45) is 0 Å². The van der Waals surface area contributed by atoms with E-state index in [4.69, 9.17) is 16.1 Å². The number of hydrogen-bond acceptors (Lipinski definition) is 5. The summed E-state index contributed by atoms with van der Waals surface area (Å²) in [7, 11) is 0. The van der Waals surface area contributed by atoms with Gasteiger partial charge in [-0.3, -0.25) is 0 Å². The summed E-state index contributed by atoms with van der Waals surface area (Å²) in [5.41, 5.74) is 10.1. The van der Waals surface area contributed by atoms with Gasteiger partial charge in [-0.15, -0.1) is 0 Å². The van der Waals surface area contributed by atoms with Crippen molar-refractivity contribution in [1.29, 1.82) is 0 Å². The monoisotopic (exact) mass is 368 g/mol. The molecule has 1 saturated heterocycles. The maximum absolute atomic E-state index is 5.93. The molecule has 1 aliphatic heterocycles. The predicted octanol–water partition coefficient (Wildman–Crippen LogP) is 4.79. The molecule has 0 bridgehead atoms. The van der Waals surface area contributed by atoms with E-state index >= 15 is 0 Å². The SMILES string of the molecule is CC(C)c1ccc(C2CC(c3nc(-c4ccc(Cl)cc4)no3)NN2)cc1. The fourth-order valence-corrected chi connectivity index (χ4v) is 3.27. The van der Waals surface area contributed by atoms with Gasteiger partial charge < -0.3 is 4.52 Å². The molecule has 1 fully saturated rings. The van der Waals surface area contributed by atoms with Crippen molar-refractivity contribution >= 4 is 11.6 Å². The molecule has 1 aliphatic rings. The van der Waals surface area contributed by atoms with E-state index in [0.29, 0.717) is 22.7 Å². The molecule has 6 heteroatoms. The largest absolute Gasteiger partial charge is 0.337 e. The Morgan fingerprint density at radius 1 is 1.00 bits per heavy atom.